The van der Waals surface area contributed by atoms with E-state index in [1.807, 2.05) is 13.8 Å². The Balaban J connectivity index is 0. The summed E-state index contributed by atoms with van der Waals surface area (Å²) in [5.74, 6) is -1.10. The van der Waals surface area contributed by atoms with Crippen molar-refractivity contribution in [3.8, 4) is 0 Å². The van der Waals surface area contributed by atoms with Crippen molar-refractivity contribution in [3.05, 3.63) is 23.3 Å². The van der Waals surface area contributed by atoms with E-state index in [1.54, 1.807) is 13.0 Å². The molecule has 0 aliphatic carbocycles. The number of piperidine rings is 1. The Labute approximate surface area is 134 Å². The number of hydrogen-bond donors (Lipinski definition) is 2. The fourth-order valence-electron chi connectivity index (χ4n) is 1.60. The van der Waals surface area contributed by atoms with Gasteiger partial charge in [0.2, 0.25) is 11.8 Å². The average molecular weight is 449 g/mol. The maximum Gasteiger partial charge on any atom is 0.248 e. The van der Waals surface area contributed by atoms with Gasteiger partial charge in [0, 0.05) is 27.5 Å². The molecule has 5 nitrogen and oxygen atoms in total. The maximum absolute atomic E-state index is 11.9. The molecule has 0 spiro atoms. The number of allylic oxidation sites excluding steroid dienone is 2. The van der Waals surface area contributed by atoms with Gasteiger partial charge in [-0.2, -0.15) is 12.2 Å². The zero-order valence-electron chi connectivity index (χ0n) is 11.2. The number of imide groups is 1. The third-order valence-electron chi connectivity index (χ3n) is 2.46. The molecule has 6 heteroatoms. The number of carbonyl (C=O) groups excluding carboxylic acids is 3. The topological polar surface area (TPSA) is 75.3 Å². The first-order valence-electron chi connectivity index (χ1n) is 5.82. The van der Waals surface area contributed by atoms with Gasteiger partial charge in [-0.1, -0.05) is 28.2 Å². The van der Waals surface area contributed by atoms with Crippen molar-refractivity contribution in [1.82, 2.24) is 10.6 Å². The third-order valence-corrected chi connectivity index (χ3v) is 2.46. The van der Waals surface area contributed by atoms with Gasteiger partial charge in [0.1, 0.15) is 5.91 Å². The molecule has 20 heavy (non-hydrogen) atoms. The quantitative estimate of drug-likeness (QED) is 0.295. The Morgan fingerprint density at radius 2 is 2.00 bits per heavy atom. The zero-order chi connectivity index (χ0) is 13.7. The first-order valence-corrected chi connectivity index (χ1v) is 5.82. The first-order chi connectivity index (χ1) is 8.43. The van der Waals surface area contributed by atoms with Crippen LogP contribution in [-0.4, -0.2) is 23.8 Å². The number of amides is 3. The Kier molecular flexibility index (Phi) is 10.2. The van der Waals surface area contributed by atoms with E-state index in [4.69, 9.17) is 0 Å². The van der Waals surface area contributed by atoms with Crippen molar-refractivity contribution in [1.29, 1.82) is 0 Å². The molecule has 112 valence electrons. The van der Waals surface area contributed by atoms with Crippen LogP contribution in [0.25, 0.3) is 0 Å². The van der Waals surface area contributed by atoms with Gasteiger partial charge in [0.25, 0.3) is 0 Å². The van der Waals surface area contributed by atoms with Crippen LogP contribution in [0.5, 0.6) is 0 Å². The normalized spacial score (nSPS) is 18.1. The smallest absolute Gasteiger partial charge is 0.248 e. The molecule has 1 fully saturated rings. The van der Waals surface area contributed by atoms with E-state index in [0.29, 0.717) is 12.0 Å². The van der Waals surface area contributed by atoms with Crippen molar-refractivity contribution in [3.63, 3.8) is 0 Å². The summed E-state index contributed by atoms with van der Waals surface area (Å²) in [7, 11) is 0. The molecule has 3 amide bonds. The number of rotatable bonds is 3. The Bertz CT molecular complexity index is 438. The minimum absolute atomic E-state index is 0. The molecule has 0 radical (unpaired) electrons. The molecule has 1 atom stereocenters. The molecule has 1 heterocycles. The van der Waals surface area contributed by atoms with Gasteiger partial charge in [-0.3, -0.25) is 14.9 Å². The van der Waals surface area contributed by atoms with E-state index in [1.165, 1.54) is 0 Å². The van der Waals surface area contributed by atoms with Crippen LogP contribution in [0.1, 0.15) is 41.0 Å². The summed E-state index contributed by atoms with van der Waals surface area (Å²) in [6, 6.07) is -0.649. The average Bonchev–Trinajstić information content (AvgIpc) is 2.29. The van der Waals surface area contributed by atoms with Crippen LogP contribution in [0.2, 0.25) is 0 Å². The van der Waals surface area contributed by atoms with Crippen LogP contribution in [0.4, 0.5) is 0 Å². The third kappa shape index (κ3) is 6.29. The van der Waals surface area contributed by atoms with Crippen LogP contribution >= 0.6 is 0 Å². The van der Waals surface area contributed by atoms with E-state index >= 15 is 0 Å². The molecule has 0 aromatic carbocycles. The molecule has 1 unspecified atom stereocenters. The Hall–Kier alpha value is -1.22. The van der Waals surface area contributed by atoms with Gasteiger partial charge in [0.05, 0.1) is 6.04 Å². The fourth-order valence-corrected chi connectivity index (χ4v) is 1.60. The second-order valence-electron chi connectivity index (χ2n) is 4.30. The van der Waals surface area contributed by atoms with Gasteiger partial charge in [-0.25, -0.2) is 0 Å². The van der Waals surface area contributed by atoms with E-state index in [9.17, 15) is 14.4 Å². The Morgan fingerprint density at radius 1 is 1.40 bits per heavy atom. The van der Waals surface area contributed by atoms with E-state index in [0.717, 1.165) is 5.57 Å². The molecule has 1 aliphatic rings. The first kappa shape index (κ1) is 21.1. The van der Waals surface area contributed by atoms with E-state index < -0.39 is 11.9 Å². The molecular formula is C14H21N2O3W-. The number of hydrogen-bond acceptors (Lipinski definition) is 3. The van der Waals surface area contributed by atoms with Gasteiger partial charge >= 0.3 is 0 Å². The second kappa shape index (κ2) is 9.65. The van der Waals surface area contributed by atoms with E-state index in [2.05, 4.69) is 16.7 Å². The van der Waals surface area contributed by atoms with Gasteiger partial charge in [-0.05, 0) is 6.42 Å². The van der Waals surface area contributed by atoms with Crippen molar-refractivity contribution in [2.45, 2.75) is 47.1 Å². The number of nitrogens with one attached hydrogen (secondary N) is 2. The summed E-state index contributed by atoms with van der Waals surface area (Å²) < 4.78 is 0. The second-order valence-corrected chi connectivity index (χ2v) is 4.30. The van der Waals surface area contributed by atoms with E-state index in [-0.39, 0.29) is 46.7 Å². The molecule has 1 aliphatic heterocycles. The number of carbonyl (C=O) groups is 3. The van der Waals surface area contributed by atoms with Crippen molar-refractivity contribution in [2.75, 3.05) is 0 Å². The zero-order valence-corrected chi connectivity index (χ0v) is 14.1. The summed E-state index contributed by atoms with van der Waals surface area (Å²) in [6.45, 7) is 5.40. The van der Waals surface area contributed by atoms with Crippen LogP contribution in [0.15, 0.2) is 17.2 Å². The predicted octanol–water partition coefficient (Wildman–Crippen LogP) is 1.26. The molecule has 1 saturated heterocycles. The summed E-state index contributed by atoms with van der Waals surface area (Å²) in [4.78, 5) is 34.3. The molecule has 0 saturated carbocycles. The summed E-state index contributed by atoms with van der Waals surface area (Å²) in [5.41, 5.74) is 1.27. The maximum atomic E-state index is 11.9. The van der Waals surface area contributed by atoms with Crippen LogP contribution in [-0.2, 0) is 35.4 Å². The van der Waals surface area contributed by atoms with Crippen molar-refractivity contribution in [2.24, 2.45) is 0 Å². The molecule has 1 rings (SSSR count). The van der Waals surface area contributed by atoms with Crippen LogP contribution in [0.3, 0.4) is 0 Å². The van der Waals surface area contributed by atoms with Crippen LogP contribution < -0.4 is 10.6 Å². The molecular weight excluding hydrogens is 428 g/mol. The SMILES string of the molecule is C.C/C=C(\[C-]=C(C)C)C(=O)NC1CCC(=O)NC1=O.[W]. The fraction of sp³-hybridized carbons (Fsp3) is 0.500. The Morgan fingerprint density at radius 3 is 2.45 bits per heavy atom. The van der Waals surface area contributed by atoms with Gasteiger partial charge in [0.15, 0.2) is 0 Å². The van der Waals surface area contributed by atoms with Crippen molar-refractivity contribution < 1.29 is 35.4 Å². The minimum atomic E-state index is -0.649. The van der Waals surface area contributed by atoms with Gasteiger partial charge in [-0.15, -0.1) is 11.1 Å². The predicted molar refractivity (Wildman–Crippen MR) is 72.9 cm³/mol. The molecule has 0 aromatic rings. The molecule has 2 N–H and O–H groups in total. The van der Waals surface area contributed by atoms with Gasteiger partial charge < -0.3 is 10.1 Å². The van der Waals surface area contributed by atoms with Crippen LogP contribution in [0, 0.1) is 6.08 Å². The van der Waals surface area contributed by atoms with Crippen molar-refractivity contribution >= 4 is 17.7 Å². The standard InChI is InChI=1S/C13H17N2O3.CH4.W/c1-4-9(7-8(2)3)12(17)14-10-5-6-11(16)15-13(10)18;;/h4,10H,5-6H2,1-3H3,(H,14,17)(H,15,16,18);1H4;/q-1;;/b9-4+;;. The minimum Gasteiger partial charge on any atom is -0.394 e. The summed E-state index contributed by atoms with van der Waals surface area (Å²) >= 11 is 0. The summed E-state index contributed by atoms with van der Waals surface area (Å²) in [5, 5.41) is 4.79. The summed E-state index contributed by atoms with van der Waals surface area (Å²) in [6.07, 6.45) is 5.12. The largest absolute Gasteiger partial charge is 0.394 e. The molecule has 0 aromatic heterocycles. The monoisotopic (exact) mass is 449 g/mol. The molecule has 0 bridgehead atoms.